The number of hydrogen-bond acceptors (Lipinski definition) is 8. The van der Waals surface area contributed by atoms with Gasteiger partial charge in [0.1, 0.15) is 29.7 Å². The summed E-state index contributed by atoms with van der Waals surface area (Å²) in [6.07, 6.45) is 0.484. The summed E-state index contributed by atoms with van der Waals surface area (Å²) in [6.45, 7) is 31.1. The molecule has 45 heavy (non-hydrogen) atoms. The minimum Gasteiger partial charge on any atom is -0.408 e. The molecule has 0 aromatic heterocycles. The second-order valence-electron chi connectivity index (χ2n) is 17.1. The molecule has 5 aliphatic heterocycles. The van der Waals surface area contributed by atoms with Crippen molar-refractivity contribution >= 4 is 22.7 Å². The molecule has 0 N–H and O–H groups in total. The van der Waals surface area contributed by atoms with E-state index in [4.69, 9.17) is 32.2 Å². The summed E-state index contributed by atoms with van der Waals surface area (Å²) in [5.41, 5.74) is -0.402. The third-order valence-electron chi connectivity index (χ3n) is 11.9. The van der Waals surface area contributed by atoms with Crippen LogP contribution in [0.4, 0.5) is 0 Å². The summed E-state index contributed by atoms with van der Waals surface area (Å²) < 4.78 is 49.5. The molecule has 0 aromatic carbocycles. The predicted molar refractivity (Wildman–Crippen MR) is 180 cm³/mol. The van der Waals surface area contributed by atoms with Crippen LogP contribution in [0.25, 0.3) is 0 Å². The normalized spacial score (nSPS) is 41.8. The highest BCUT2D eigenvalue weighted by atomic mass is 28.4. The van der Waals surface area contributed by atoms with Crippen molar-refractivity contribution in [1.82, 2.24) is 0 Å². The number of ketones is 1. The highest BCUT2D eigenvalue weighted by molar-refractivity contribution is 6.74. The van der Waals surface area contributed by atoms with Gasteiger partial charge in [0.05, 0.1) is 42.7 Å². The first kappa shape index (κ1) is 35.9. The van der Waals surface area contributed by atoms with E-state index in [-0.39, 0.29) is 64.7 Å². The van der Waals surface area contributed by atoms with Gasteiger partial charge in [-0.15, -0.1) is 0 Å². The van der Waals surface area contributed by atoms with Gasteiger partial charge in [-0.1, -0.05) is 68.9 Å². The first-order valence-corrected chi connectivity index (χ1v) is 21.9. The molecular formula is C35H62O8Si2. The number of hydrogen-bond donors (Lipinski definition) is 0. The lowest BCUT2D eigenvalue weighted by Crippen LogP contribution is -2.77. The number of carbonyl (C=O) groups is 1. The highest BCUT2D eigenvalue weighted by Gasteiger charge is 2.68. The number of rotatable bonds is 7. The van der Waals surface area contributed by atoms with Crippen LogP contribution < -0.4 is 0 Å². The second-order valence-corrected chi connectivity index (χ2v) is 26.6. The van der Waals surface area contributed by atoms with Crippen molar-refractivity contribution in [2.45, 2.75) is 197 Å². The van der Waals surface area contributed by atoms with E-state index in [0.717, 1.165) is 30.1 Å². The summed E-state index contributed by atoms with van der Waals surface area (Å²) in [6, 6.07) is 3.10. The number of ether oxygens (including phenoxy) is 4. The molecule has 0 aliphatic carbocycles. The van der Waals surface area contributed by atoms with Gasteiger partial charge in [-0.3, -0.25) is 4.79 Å². The number of Topliss-reactive ketones (excluding diaryl/α,β-unsaturated/α-hetero) is 1. The highest BCUT2D eigenvalue weighted by Crippen LogP contribution is 2.57. The number of fused-ring (bicyclic) bond motifs is 4. The average Bonchev–Trinajstić information content (AvgIpc) is 2.93. The van der Waals surface area contributed by atoms with E-state index in [2.05, 4.69) is 82.7 Å². The third kappa shape index (κ3) is 6.05. The van der Waals surface area contributed by atoms with Crippen LogP contribution in [0.2, 0.25) is 28.2 Å². The van der Waals surface area contributed by atoms with Crippen LogP contribution in [0.1, 0.15) is 109 Å². The van der Waals surface area contributed by atoms with E-state index in [1.807, 2.05) is 0 Å². The van der Waals surface area contributed by atoms with Crippen molar-refractivity contribution in [3.05, 3.63) is 12.2 Å². The van der Waals surface area contributed by atoms with Gasteiger partial charge in [0.15, 0.2) is 8.32 Å². The standard InChI is InChI=1S/C35H62O8Si2/c1-14-44(15-2,16-3)43-31-30-26(20-34(12)28(39-30)17-22(4)24(40-34)18-23(5)36)38-29-19-25-27(41-35(29,31)13)21-37-45(42-25,32(6,7)8)33(9,10)11/h24-31H,4,14-21H2,1-3,5-13H3/t24-,25-,26-,27+,28-,29+,30-,31+,34+,35+/m0/s1. The molecule has 5 rings (SSSR count). The summed E-state index contributed by atoms with van der Waals surface area (Å²) in [5.74, 6) is 0.103. The van der Waals surface area contributed by atoms with Gasteiger partial charge in [-0.05, 0) is 50.9 Å². The Morgan fingerprint density at radius 1 is 0.956 bits per heavy atom. The van der Waals surface area contributed by atoms with E-state index in [9.17, 15) is 4.79 Å². The third-order valence-corrected chi connectivity index (χ3v) is 21.7. The van der Waals surface area contributed by atoms with Crippen molar-refractivity contribution in [3.8, 4) is 0 Å². The van der Waals surface area contributed by atoms with Crippen molar-refractivity contribution < 1.29 is 37.0 Å². The largest absolute Gasteiger partial charge is 0.408 e. The molecule has 8 nitrogen and oxygen atoms in total. The zero-order valence-electron chi connectivity index (χ0n) is 30.2. The van der Waals surface area contributed by atoms with Gasteiger partial charge >= 0.3 is 8.56 Å². The molecule has 0 spiro atoms. The van der Waals surface area contributed by atoms with Gasteiger partial charge < -0.3 is 32.2 Å². The van der Waals surface area contributed by atoms with Crippen LogP contribution in [0.5, 0.6) is 0 Å². The summed E-state index contributed by atoms with van der Waals surface area (Å²) in [7, 11) is -4.77. The lowest BCUT2D eigenvalue weighted by atomic mass is 9.73. The molecule has 5 aliphatic rings. The van der Waals surface area contributed by atoms with Crippen LogP contribution in [0.15, 0.2) is 12.2 Å². The Morgan fingerprint density at radius 2 is 1.58 bits per heavy atom. The lowest BCUT2D eigenvalue weighted by molar-refractivity contribution is -0.364. The molecular weight excluding hydrogens is 605 g/mol. The van der Waals surface area contributed by atoms with E-state index in [1.54, 1.807) is 6.92 Å². The zero-order valence-corrected chi connectivity index (χ0v) is 32.2. The fourth-order valence-electron chi connectivity index (χ4n) is 9.20. The van der Waals surface area contributed by atoms with Crippen molar-refractivity contribution in [3.63, 3.8) is 0 Å². The monoisotopic (exact) mass is 666 g/mol. The Bertz CT molecular complexity index is 1110. The molecule has 10 atom stereocenters. The molecule has 0 saturated carbocycles. The maximum Gasteiger partial charge on any atom is 0.349 e. The van der Waals surface area contributed by atoms with Crippen LogP contribution in [-0.2, 0) is 37.0 Å². The second kappa shape index (κ2) is 12.2. The molecule has 10 heteroatoms. The van der Waals surface area contributed by atoms with E-state index >= 15 is 0 Å². The fraction of sp³-hybridized carbons (Fsp3) is 0.914. The van der Waals surface area contributed by atoms with Crippen molar-refractivity contribution in [2.75, 3.05) is 6.61 Å². The van der Waals surface area contributed by atoms with Crippen LogP contribution >= 0.6 is 0 Å². The van der Waals surface area contributed by atoms with Gasteiger partial charge in [0.2, 0.25) is 0 Å². The Hall–Kier alpha value is -0.436. The summed E-state index contributed by atoms with van der Waals surface area (Å²) in [4.78, 5) is 12.1. The Morgan fingerprint density at radius 3 is 2.13 bits per heavy atom. The average molecular weight is 667 g/mol. The molecule has 0 amide bonds. The Balaban J connectivity index is 1.50. The van der Waals surface area contributed by atoms with Gasteiger partial charge in [0, 0.05) is 29.3 Å². The smallest absolute Gasteiger partial charge is 0.349 e. The topological polar surface area (TPSA) is 81.7 Å². The summed E-state index contributed by atoms with van der Waals surface area (Å²) >= 11 is 0. The molecule has 0 bridgehead atoms. The van der Waals surface area contributed by atoms with E-state index in [0.29, 0.717) is 25.9 Å². The van der Waals surface area contributed by atoms with Crippen molar-refractivity contribution in [1.29, 1.82) is 0 Å². The lowest BCUT2D eigenvalue weighted by Gasteiger charge is -2.64. The minimum absolute atomic E-state index is 0.103. The molecule has 5 saturated heterocycles. The minimum atomic E-state index is -2.69. The Kier molecular flexibility index (Phi) is 9.69. The maximum absolute atomic E-state index is 12.1. The zero-order chi connectivity index (χ0) is 33.4. The predicted octanol–water partition coefficient (Wildman–Crippen LogP) is 7.39. The van der Waals surface area contributed by atoms with Crippen LogP contribution in [0.3, 0.4) is 0 Å². The van der Waals surface area contributed by atoms with Crippen LogP contribution in [-0.4, -0.2) is 89.3 Å². The fourth-order valence-corrected chi connectivity index (χ4v) is 17.1. The van der Waals surface area contributed by atoms with Gasteiger partial charge in [-0.25, -0.2) is 0 Å². The first-order chi connectivity index (χ1) is 20.8. The molecule has 5 fully saturated rings. The molecule has 0 unspecified atom stereocenters. The molecule has 0 aromatic rings. The van der Waals surface area contributed by atoms with E-state index < -0.39 is 28.1 Å². The van der Waals surface area contributed by atoms with Gasteiger partial charge in [0.25, 0.3) is 0 Å². The quantitative estimate of drug-likeness (QED) is 0.206. The van der Waals surface area contributed by atoms with Gasteiger partial charge in [-0.2, -0.15) is 0 Å². The molecule has 258 valence electrons. The first-order valence-electron chi connectivity index (χ1n) is 17.6. The molecule has 5 heterocycles. The van der Waals surface area contributed by atoms with Crippen molar-refractivity contribution in [2.24, 2.45) is 0 Å². The maximum atomic E-state index is 12.1. The Labute approximate surface area is 275 Å². The summed E-state index contributed by atoms with van der Waals surface area (Å²) in [5, 5.41) is -0.232. The van der Waals surface area contributed by atoms with E-state index in [1.165, 1.54) is 0 Å². The number of carbonyl (C=O) groups excluding carboxylic acids is 1. The van der Waals surface area contributed by atoms with Crippen LogP contribution in [0, 0.1) is 0 Å². The molecule has 0 radical (unpaired) electrons. The SMILES string of the molecule is C=C1C[C@@H]2O[C@H]3[C@H](C[C@@]2(C)O[C@H]1CC(C)=O)O[C@@H]1C[C@@H]2O[Si](C(C)(C)C)(C(C)(C)C)OC[C@H]2O[C@@]1(C)[C@@H]3O[Si](CC)(CC)CC.